The third-order valence-electron chi connectivity index (χ3n) is 5.89. The standard InChI is InChI=1S/C26H23ClN4O2S/c1-33-21-12-10-20(11-13-21)31-25(22-8-4-5-9-23(22)27)28-29-26(31)34-17-24(32)30-15-14-18-6-2-3-7-19(18)16-30/h2-13H,14-17H2,1H3. The second kappa shape index (κ2) is 9.91. The summed E-state index contributed by atoms with van der Waals surface area (Å²) in [6.07, 6.45) is 0.880. The molecule has 0 spiro atoms. The molecule has 0 bridgehead atoms. The number of carbonyl (C=O) groups is 1. The number of nitrogens with zero attached hydrogens (tertiary/aromatic N) is 4. The first-order valence-corrected chi connectivity index (χ1v) is 12.3. The highest BCUT2D eigenvalue weighted by Gasteiger charge is 2.23. The van der Waals surface area contributed by atoms with Gasteiger partial charge in [0.05, 0.1) is 17.9 Å². The molecule has 0 N–H and O–H groups in total. The maximum atomic E-state index is 13.1. The normalized spacial score (nSPS) is 12.9. The minimum Gasteiger partial charge on any atom is -0.497 e. The monoisotopic (exact) mass is 490 g/mol. The molecule has 1 aromatic heterocycles. The number of thioether (sulfide) groups is 1. The molecule has 0 atom stereocenters. The number of hydrogen-bond acceptors (Lipinski definition) is 5. The Morgan fingerprint density at radius 2 is 1.74 bits per heavy atom. The van der Waals surface area contributed by atoms with Crippen LogP contribution in [0, 0.1) is 0 Å². The van der Waals surface area contributed by atoms with E-state index < -0.39 is 0 Å². The topological polar surface area (TPSA) is 60.2 Å². The van der Waals surface area contributed by atoms with Gasteiger partial charge in [-0.05, 0) is 53.9 Å². The average Bonchev–Trinajstić information content (AvgIpc) is 3.31. The van der Waals surface area contributed by atoms with Crippen LogP contribution in [-0.2, 0) is 17.8 Å². The first-order chi connectivity index (χ1) is 16.6. The third-order valence-corrected chi connectivity index (χ3v) is 7.13. The van der Waals surface area contributed by atoms with Crippen LogP contribution in [-0.4, -0.2) is 45.0 Å². The van der Waals surface area contributed by atoms with Crippen molar-refractivity contribution >= 4 is 29.3 Å². The lowest BCUT2D eigenvalue weighted by Crippen LogP contribution is -2.37. The summed E-state index contributed by atoms with van der Waals surface area (Å²) < 4.78 is 7.24. The van der Waals surface area contributed by atoms with Gasteiger partial charge in [-0.3, -0.25) is 9.36 Å². The number of carbonyl (C=O) groups excluding carboxylic acids is 1. The van der Waals surface area contributed by atoms with Gasteiger partial charge in [0, 0.05) is 24.3 Å². The van der Waals surface area contributed by atoms with Crippen molar-refractivity contribution in [1.29, 1.82) is 0 Å². The van der Waals surface area contributed by atoms with Crippen molar-refractivity contribution in [3.63, 3.8) is 0 Å². The Morgan fingerprint density at radius 3 is 2.50 bits per heavy atom. The minimum absolute atomic E-state index is 0.0862. The molecule has 5 rings (SSSR count). The molecule has 0 saturated carbocycles. The van der Waals surface area contributed by atoms with Gasteiger partial charge >= 0.3 is 0 Å². The van der Waals surface area contributed by atoms with Gasteiger partial charge in [0.15, 0.2) is 11.0 Å². The summed E-state index contributed by atoms with van der Waals surface area (Å²) in [6, 6.07) is 23.5. The van der Waals surface area contributed by atoms with Crippen molar-refractivity contribution in [3.8, 4) is 22.8 Å². The smallest absolute Gasteiger partial charge is 0.233 e. The van der Waals surface area contributed by atoms with E-state index in [0.29, 0.717) is 22.5 Å². The summed E-state index contributed by atoms with van der Waals surface area (Å²) in [5, 5.41) is 10.1. The largest absolute Gasteiger partial charge is 0.497 e. The van der Waals surface area contributed by atoms with Crippen LogP contribution in [0.2, 0.25) is 5.02 Å². The summed E-state index contributed by atoms with van der Waals surface area (Å²) >= 11 is 7.86. The molecule has 34 heavy (non-hydrogen) atoms. The number of aromatic nitrogens is 3. The van der Waals surface area contributed by atoms with E-state index >= 15 is 0 Å². The highest BCUT2D eigenvalue weighted by molar-refractivity contribution is 7.99. The number of fused-ring (bicyclic) bond motifs is 1. The predicted octanol–water partition coefficient (Wildman–Crippen LogP) is 5.27. The lowest BCUT2D eigenvalue weighted by Gasteiger charge is -2.28. The summed E-state index contributed by atoms with van der Waals surface area (Å²) in [5.41, 5.74) is 4.18. The van der Waals surface area contributed by atoms with Crippen molar-refractivity contribution in [2.75, 3.05) is 19.4 Å². The van der Waals surface area contributed by atoms with Crippen molar-refractivity contribution < 1.29 is 9.53 Å². The Labute approximate surface area is 207 Å². The number of halogens is 1. The molecule has 1 aliphatic heterocycles. The summed E-state index contributed by atoms with van der Waals surface area (Å²) in [6.45, 7) is 1.37. The van der Waals surface area contributed by atoms with Gasteiger partial charge in [0.1, 0.15) is 5.75 Å². The Balaban J connectivity index is 1.41. The van der Waals surface area contributed by atoms with E-state index in [1.807, 2.05) is 64.1 Å². The van der Waals surface area contributed by atoms with Gasteiger partial charge in [-0.25, -0.2) is 0 Å². The molecule has 2 heterocycles. The molecular weight excluding hydrogens is 468 g/mol. The van der Waals surface area contributed by atoms with Crippen LogP contribution in [0.25, 0.3) is 17.1 Å². The summed E-state index contributed by atoms with van der Waals surface area (Å²) in [5.74, 6) is 1.74. The zero-order valence-electron chi connectivity index (χ0n) is 18.6. The van der Waals surface area contributed by atoms with Crippen LogP contribution in [0.3, 0.4) is 0 Å². The maximum absolute atomic E-state index is 13.1. The average molecular weight is 491 g/mol. The fraction of sp³-hybridized carbons (Fsp3) is 0.192. The van der Waals surface area contributed by atoms with E-state index in [9.17, 15) is 4.79 Å². The highest BCUT2D eigenvalue weighted by atomic mass is 35.5. The van der Waals surface area contributed by atoms with Crippen LogP contribution < -0.4 is 4.74 Å². The number of rotatable bonds is 6. The summed E-state index contributed by atoms with van der Waals surface area (Å²) in [4.78, 5) is 15.0. The zero-order chi connectivity index (χ0) is 23.5. The number of methoxy groups -OCH3 is 1. The van der Waals surface area contributed by atoms with E-state index in [2.05, 4.69) is 28.4 Å². The number of ether oxygens (including phenoxy) is 1. The van der Waals surface area contributed by atoms with Crippen molar-refractivity contribution in [2.45, 2.75) is 18.1 Å². The van der Waals surface area contributed by atoms with Crippen LogP contribution in [0.1, 0.15) is 11.1 Å². The Kier molecular flexibility index (Phi) is 6.56. The molecule has 3 aromatic carbocycles. The second-order valence-electron chi connectivity index (χ2n) is 7.94. The minimum atomic E-state index is 0.0862. The van der Waals surface area contributed by atoms with Gasteiger partial charge in [0.25, 0.3) is 0 Å². The Bertz CT molecular complexity index is 1320. The van der Waals surface area contributed by atoms with Crippen LogP contribution >= 0.6 is 23.4 Å². The first kappa shape index (κ1) is 22.5. The highest BCUT2D eigenvalue weighted by Crippen LogP contribution is 2.32. The van der Waals surface area contributed by atoms with Crippen molar-refractivity contribution in [1.82, 2.24) is 19.7 Å². The molecule has 0 saturated heterocycles. The zero-order valence-corrected chi connectivity index (χ0v) is 20.2. The lowest BCUT2D eigenvalue weighted by atomic mass is 10.00. The van der Waals surface area contributed by atoms with E-state index in [1.165, 1.54) is 22.9 Å². The Hall–Kier alpha value is -3.29. The Morgan fingerprint density at radius 1 is 1.00 bits per heavy atom. The van der Waals surface area contributed by atoms with E-state index in [1.54, 1.807) is 7.11 Å². The van der Waals surface area contributed by atoms with Crippen molar-refractivity contribution in [2.24, 2.45) is 0 Å². The van der Waals surface area contributed by atoms with Crippen molar-refractivity contribution in [3.05, 3.63) is 88.9 Å². The first-order valence-electron chi connectivity index (χ1n) is 11.0. The number of benzene rings is 3. The molecule has 172 valence electrons. The van der Waals surface area contributed by atoms with Crippen LogP contribution in [0.5, 0.6) is 5.75 Å². The molecule has 1 amide bonds. The number of amides is 1. The maximum Gasteiger partial charge on any atom is 0.233 e. The third kappa shape index (κ3) is 4.54. The van der Waals surface area contributed by atoms with E-state index in [4.69, 9.17) is 16.3 Å². The van der Waals surface area contributed by atoms with Crippen LogP contribution in [0.4, 0.5) is 0 Å². The van der Waals surface area contributed by atoms with Crippen LogP contribution in [0.15, 0.2) is 78.0 Å². The molecule has 0 fully saturated rings. The lowest BCUT2D eigenvalue weighted by molar-refractivity contribution is -0.129. The number of hydrogen-bond donors (Lipinski definition) is 0. The molecule has 0 aliphatic carbocycles. The second-order valence-corrected chi connectivity index (χ2v) is 9.29. The quantitative estimate of drug-likeness (QED) is 0.344. The van der Waals surface area contributed by atoms with Gasteiger partial charge in [0.2, 0.25) is 5.91 Å². The molecule has 0 unspecified atom stereocenters. The fourth-order valence-electron chi connectivity index (χ4n) is 4.07. The van der Waals surface area contributed by atoms with E-state index in [0.717, 1.165) is 30.0 Å². The van der Waals surface area contributed by atoms with E-state index in [-0.39, 0.29) is 11.7 Å². The molecular formula is C26H23ClN4O2S. The molecule has 4 aromatic rings. The molecule has 0 radical (unpaired) electrons. The molecule has 6 nitrogen and oxygen atoms in total. The van der Waals surface area contributed by atoms with Gasteiger partial charge in [-0.15, -0.1) is 10.2 Å². The summed E-state index contributed by atoms with van der Waals surface area (Å²) in [7, 11) is 1.63. The fourth-order valence-corrected chi connectivity index (χ4v) is 5.15. The molecule has 8 heteroatoms. The predicted molar refractivity (Wildman–Crippen MR) is 135 cm³/mol. The van der Waals surface area contributed by atoms with Gasteiger partial charge < -0.3 is 9.64 Å². The SMILES string of the molecule is COc1ccc(-n2c(SCC(=O)N3CCc4ccccc4C3)nnc2-c2ccccc2Cl)cc1. The molecule has 1 aliphatic rings. The van der Waals surface area contributed by atoms with Gasteiger partial charge in [-0.2, -0.15) is 0 Å². The van der Waals surface area contributed by atoms with Gasteiger partial charge in [-0.1, -0.05) is 59.8 Å².